The van der Waals surface area contributed by atoms with Gasteiger partial charge in [0.15, 0.2) is 0 Å². The first-order valence-electron chi connectivity index (χ1n) is 4.78. The molecule has 0 bridgehead atoms. The van der Waals surface area contributed by atoms with Crippen molar-refractivity contribution in [3.8, 4) is 0 Å². The van der Waals surface area contributed by atoms with Crippen molar-refractivity contribution >= 4 is 11.7 Å². The minimum atomic E-state index is -0.301. The van der Waals surface area contributed by atoms with Crippen molar-refractivity contribution in [2.45, 2.75) is 6.42 Å². The lowest BCUT2D eigenvalue weighted by Crippen LogP contribution is -2.18. The fourth-order valence-electron chi connectivity index (χ4n) is 1.57. The molecule has 2 rings (SSSR count). The molecule has 0 radical (unpaired) electrons. The van der Waals surface area contributed by atoms with Crippen LogP contribution in [0.4, 0.5) is 0 Å². The van der Waals surface area contributed by atoms with Crippen LogP contribution in [-0.4, -0.2) is 11.7 Å². The van der Waals surface area contributed by atoms with Crippen molar-refractivity contribution in [2.24, 2.45) is 11.1 Å². The van der Waals surface area contributed by atoms with E-state index in [0.29, 0.717) is 12.1 Å². The molecular weight excluding hydrogens is 190 g/mol. The fraction of sp³-hybridized carbons (Fsp3) is 0.167. The molecule has 3 heteroatoms. The zero-order chi connectivity index (χ0) is 10.7. The Kier molecular flexibility index (Phi) is 2.63. The van der Waals surface area contributed by atoms with Crippen LogP contribution in [0.25, 0.3) is 0 Å². The third kappa shape index (κ3) is 1.81. The average molecular weight is 201 g/mol. The Morgan fingerprint density at radius 3 is 2.80 bits per heavy atom. The molecule has 0 fully saturated rings. The Bertz CT molecular complexity index is 409. The number of carbonyl (C=O) groups excluding carboxylic acids is 1. The van der Waals surface area contributed by atoms with Crippen molar-refractivity contribution in [3.63, 3.8) is 0 Å². The van der Waals surface area contributed by atoms with Crippen LogP contribution in [0.1, 0.15) is 12.0 Å². The van der Waals surface area contributed by atoms with Gasteiger partial charge in [0.05, 0.1) is 0 Å². The summed E-state index contributed by atoms with van der Waals surface area (Å²) in [6, 6.07) is 9.56. The normalized spacial score (nSPS) is 19.6. The zero-order valence-electron chi connectivity index (χ0n) is 8.22. The number of rotatable bonds is 3. The summed E-state index contributed by atoms with van der Waals surface area (Å²) in [6.07, 6.45) is 2.27. The minimum absolute atomic E-state index is 0.297. The molecule has 1 aliphatic rings. The summed E-state index contributed by atoms with van der Waals surface area (Å²) >= 11 is 0. The number of carbonyl (C=O) groups is 1. The summed E-state index contributed by atoms with van der Waals surface area (Å²) < 4.78 is 0. The van der Waals surface area contributed by atoms with Crippen LogP contribution in [0.15, 0.2) is 48.1 Å². The SMILES string of the molecule is C=CCC1C(=O)ON=C1c1ccccc1. The van der Waals surface area contributed by atoms with E-state index in [4.69, 9.17) is 0 Å². The quantitative estimate of drug-likeness (QED) is 0.555. The molecule has 0 saturated carbocycles. The summed E-state index contributed by atoms with van der Waals surface area (Å²) in [6.45, 7) is 3.62. The lowest BCUT2D eigenvalue weighted by atomic mass is 9.94. The molecule has 1 aromatic rings. The van der Waals surface area contributed by atoms with Gasteiger partial charge in [0, 0.05) is 5.56 Å². The Hall–Kier alpha value is -1.90. The highest BCUT2D eigenvalue weighted by atomic mass is 16.7. The molecule has 76 valence electrons. The van der Waals surface area contributed by atoms with Crippen molar-refractivity contribution in [1.29, 1.82) is 0 Å². The second kappa shape index (κ2) is 4.09. The maximum Gasteiger partial charge on any atom is 0.344 e. The van der Waals surface area contributed by atoms with E-state index in [2.05, 4.69) is 16.6 Å². The molecule has 0 N–H and O–H groups in total. The summed E-state index contributed by atoms with van der Waals surface area (Å²) in [5, 5.41) is 3.81. The number of benzene rings is 1. The van der Waals surface area contributed by atoms with Gasteiger partial charge in [0.2, 0.25) is 0 Å². The van der Waals surface area contributed by atoms with E-state index >= 15 is 0 Å². The van der Waals surface area contributed by atoms with E-state index in [9.17, 15) is 4.79 Å². The Morgan fingerprint density at radius 1 is 1.40 bits per heavy atom. The summed E-state index contributed by atoms with van der Waals surface area (Å²) in [7, 11) is 0. The van der Waals surface area contributed by atoms with Gasteiger partial charge in [-0.25, -0.2) is 4.79 Å². The number of hydrogen-bond donors (Lipinski definition) is 0. The van der Waals surface area contributed by atoms with E-state index in [0.717, 1.165) is 5.56 Å². The summed E-state index contributed by atoms with van der Waals surface area (Å²) in [4.78, 5) is 16.0. The van der Waals surface area contributed by atoms with E-state index in [1.165, 1.54) is 0 Å². The van der Waals surface area contributed by atoms with Crippen LogP contribution in [0, 0.1) is 5.92 Å². The lowest BCUT2D eigenvalue weighted by molar-refractivity contribution is -0.143. The number of hydrogen-bond acceptors (Lipinski definition) is 3. The van der Waals surface area contributed by atoms with E-state index in [1.807, 2.05) is 30.3 Å². The molecule has 1 aromatic carbocycles. The molecule has 1 heterocycles. The van der Waals surface area contributed by atoms with Crippen LogP contribution in [0.3, 0.4) is 0 Å². The third-order valence-electron chi connectivity index (χ3n) is 2.32. The first-order valence-corrected chi connectivity index (χ1v) is 4.78. The predicted octanol–water partition coefficient (Wildman–Crippen LogP) is 2.14. The maximum absolute atomic E-state index is 11.4. The van der Waals surface area contributed by atoms with Crippen LogP contribution in [-0.2, 0) is 9.63 Å². The van der Waals surface area contributed by atoms with Gasteiger partial charge >= 0.3 is 5.97 Å². The largest absolute Gasteiger partial charge is 0.344 e. The van der Waals surface area contributed by atoms with Crippen LogP contribution in [0.2, 0.25) is 0 Å². The Morgan fingerprint density at radius 2 is 2.13 bits per heavy atom. The first-order chi connectivity index (χ1) is 7.33. The van der Waals surface area contributed by atoms with Crippen LogP contribution < -0.4 is 0 Å². The smallest absolute Gasteiger partial charge is 0.317 e. The van der Waals surface area contributed by atoms with Crippen LogP contribution in [0.5, 0.6) is 0 Å². The van der Waals surface area contributed by atoms with E-state index in [1.54, 1.807) is 6.08 Å². The van der Waals surface area contributed by atoms with Gasteiger partial charge in [0.25, 0.3) is 0 Å². The number of nitrogens with zero attached hydrogens (tertiary/aromatic N) is 1. The third-order valence-corrected chi connectivity index (χ3v) is 2.32. The molecular formula is C12H11NO2. The lowest BCUT2D eigenvalue weighted by Gasteiger charge is -2.05. The molecule has 0 saturated heterocycles. The van der Waals surface area contributed by atoms with Gasteiger partial charge in [-0.2, -0.15) is 0 Å². The van der Waals surface area contributed by atoms with Gasteiger partial charge in [-0.3, -0.25) is 0 Å². The van der Waals surface area contributed by atoms with Crippen molar-refractivity contribution in [1.82, 2.24) is 0 Å². The van der Waals surface area contributed by atoms with Crippen molar-refractivity contribution in [3.05, 3.63) is 48.6 Å². The second-order valence-electron chi connectivity index (χ2n) is 3.33. The predicted molar refractivity (Wildman–Crippen MR) is 57.4 cm³/mol. The highest BCUT2D eigenvalue weighted by Gasteiger charge is 2.32. The molecule has 0 aromatic heterocycles. The fourth-order valence-corrected chi connectivity index (χ4v) is 1.57. The molecule has 3 nitrogen and oxygen atoms in total. The van der Waals surface area contributed by atoms with Gasteiger partial charge in [-0.15, -0.1) is 6.58 Å². The van der Waals surface area contributed by atoms with Gasteiger partial charge < -0.3 is 4.84 Å². The average Bonchev–Trinajstić information content (AvgIpc) is 2.63. The van der Waals surface area contributed by atoms with E-state index in [-0.39, 0.29) is 11.9 Å². The molecule has 1 atom stereocenters. The highest BCUT2D eigenvalue weighted by molar-refractivity contribution is 6.14. The molecule has 1 unspecified atom stereocenters. The molecule has 0 aliphatic carbocycles. The van der Waals surface area contributed by atoms with Gasteiger partial charge in [-0.05, 0) is 6.42 Å². The summed E-state index contributed by atoms with van der Waals surface area (Å²) in [5.74, 6) is -0.598. The minimum Gasteiger partial charge on any atom is -0.317 e. The zero-order valence-corrected chi connectivity index (χ0v) is 8.22. The topological polar surface area (TPSA) is 38.7 Å². The number of allylic oxidation sites excluding steroid dienone is 1. The molecule has 0 spiro atoms. The van der Waals surface area contributed by atoms with Crippen LogP contribution >= 0.6 is 0 Å². The second-order valence-corrected chi connectivity index (χ2v) is 3.33. The first kappa shape index (κ1) is 9.65. The Labute approximate surface area is 88.1 Å². The Balaban J connectivity index is 2.29. The van der Waals surface area contributed by atoms with Gasteiger partial charge in [0.1, 0.15) is 11.6 Å². The maximum atomic E-state index is 11.4. The molecule has 15 heavy (non-hydrogen) atoms. The molecule has 1 aliphatic heterocycles. The summed E-state index contributed by atoms with van der Waals surface area (Å²) in [5.41, 5.74) is 1.62. The highest BCUT2D eigenvalue weighted by Crippen LogP contribution is 2.21. The number of oxime groups is 1. The molecule has 0 amide bonds. The standard InChI is InChI=1S/C12H11NO2/c1-2-6-10-11(13-15-12(10)14)9-7-4-3-5-8-9/h2-5,7-8,10H,1,6H2. The van der Waals surface area contributed by atoms with Crippen molar-refractivity contribution in [2.75, 3.05) is 0 Å². The monoisotopic (exact) mass is 201 g/mol. The van der Waals surface area contributed by atoms with Crippen molar-refractivity contribution < 1.29 is 9.63 Å². The van der Waals surface area contributed by atoms with Gasteiger partial charge in [-0.1, -0.05) is 41.6 Å². The van der Waals surface area contributed by atoms with E-state index < -0.39 is 0 Å².